The molecule has 2 fully saturated rings. The molecule has 0 bridgehead atoms. The van der Waals surface area contributed by atoms with Crippen LogP contribution < -0.4 is 0 Å². The fourth-order valence-electron chi connectivity index (χ4n) is 9.39. The molecule has 2 aromatic carbocycles. The van der Waals surface area contributed by atoms with Crippen molar-refractivity contribution < 1.29 is 4.74 Å². The number of aromatic nitrogens is 2. The van der Waals surface area contributed by atoms with E-state index in [0.29, 0.717) is 11.8 Å². The smallest absolute Gasteiger partial charge is 0.0861 e. The maximum absolute atomic E-state index is 7.66. The number of nitrogens with zero attached hydrogens (tertiary/aromatic N) is 2. The molecule has 0 N–H and O–H groups in total. The van der Waals surface area contributed by atoms with Gasteiger partial charge in [-0.1, -0.05) is 153 Å². The lowest BCUT2D eigenvalue weighted by molar-refractivity contribution is -0.0907. The van der Waals surface area contributed by atoms with E-state index in [-0.39, 0.29) is 12.2 Å². The third-order valence-corrected chi connectivity index (χ3v) is 12.7. The predicted octanol–water partition coefficient (Wildman–Crippen LogP) is 14.5. The Morgan fingerprint density at radius 1 is 0.491 bits per heavy atom. The third-order valence-electron chi connectivity index (χ3n) is 12.7. The molecule has 284 valence electrons. The van der Waals surface area contributed by atoms with Crippen LogP contribution in [0, 0.1) is 23.7 Å². The zero-order chi connectivity index (χ0) is 36.8. The van der Waals surface area contributed by atoms with Crippen LogP contribution in [0.25, 0.3) is 22.5 Å². The first kappa shape index (κ1) is 39.4. The van der Waals surface area contributed by atoms with Crippen LogP contribution in [0.1, 0.15) is 165 Å². The zero-order valence-corrected chi connectivity index (χ0v) is 33.6. The molecule has 3 heteroatoms. The van der Waals surface area contributed by atoms with Crippen LogP contribution in [0.3, 0.4) is 0 Å². The van der Waals surface area contributed by atoms with Crippen molar-refractivity contribution in [2.45, 2.75) is 155 Å². The van der Waals surface area contributed by atoms with Crippen molar-refractivity contribution in [1.29, 1.82) is 0 Å². The maximum Gasteiger partial charge on any atom is 0.0861 e. The van der Waals surface area contributed by atoms with E-state index in [2.05, 4.69) is 113 Å². The standard InChI is InChI=1S/C50H68N2O/c1-5-9-13-39-19-33-47(51-35-39)41-25-29-45(30-26-41)49(43-21-15-37(11-7-3)16-22-43)53-50(44-23-17-38(12-8-4)18-24-44)46-31-27-42(28-32-46)48-34-20-40(36-52-48)14-10-6-2/h19-20,25-38,43-44,49-50H,5-18,21-24H2,1-4H3. The molecule has 2 aliphatic carbocycles. The summed E-state index contributed by atoms with van der Waals surface area (Å²) in [5.74, 6) is 2.83. The zero-order valence-electron chi connectivity index (χ0n) is 33.6. The summed E-state index contributed by atoms with van der Waals surface area (Å²) < 4.78 is 7.66. The number of benzene rings is 2. The van der Waals surface area contributed by atoms with Gasteiger partial charge in [-0.3, -0.25) is 9.97 Å². The summed E-state index contributed by atoms with van der Waals surface area (Å²) in [6.45, 7) is 9.19. The van der Waals surface area contributed by atoms with Crippen molar-refractivity contribution in [3.63, 3.8) is 0 Å². The van der Waals surface area contributed by atoms with E-state index in [1.807, 2.05) is 0 Å². The molecule has 4 aromatic rings. The van der Waals surface area contributed by atoms with Crippen molar-refractivity contribution >= 4 is 0 Å². The van der Waals surface area contributed by atoms with Gasteiger partial charge in [-0.25, -0.2) is 0 Å². The average molecular weight is 713 g/mol. The number of hydrogen-bond donors (Lipinski definition) is 0. The fraction of sp³-hybridized carbons (Fsp3) is 0.560. The van der Waals surface area contributed by atoms with Gasteiger partial charge in [-0.15, -0.1) is 0 Å². The van der Waals surface area contributed by atoms with Crippen LogP contribution in [0.4, 0.5) is 0 Å². The first-order valence-corrected chi connectivity index (χ1v) is 21.8. The molecule has 3 nitrogen and oxygen atoms in total. The van der Waals surface area contributed by atoms with Gasteiger partial charge in [-0.2, -0.15) is 0 Å². The quantitative estimate of drug-likeness (QED) is 0.103. The van der Waals surface area contributed by atoms with Gasteiger partial charge in [0, 0.05) is 23.5 Å². The number of hydrogen-bond acceptors (Lipinski definition) is 3. The SMILES string of the molecule is CCCCc1ccc(-c2ccc(C(OC(c3ccc(-c4ccc(CCCC)cn4)cc3)C3CCC(CCC)CC3)C3CCC(CCC)CC3)cc2)nc1. The van der Waals surface area contributed by atoms with E-state index in [9.17, 15) is 0 Å². The van der Waals surface area contributed by atoms with Crippen LogP contribution in [-0.2, 0) is 17.6 Å². The molecular weight excluding hydrogens is 645 g/mol. The van der Waals surface area contributed by atoms with E-state index >= 15 is 0 Å². The van der Waals surface area contributed by atoms with E-state index in [1.54, 1.807) is 0 Å². The Balaban J connectivity index is 1.27. The number of ether oxygens (including phenoxy) is 1. The Hall–Kier alpha value is -3.30. The molecule has 0 amide bonds. The van der Waals surface area contributed by atoms with Crippen molar-refractivity contribution in [3.05, 3.63) is 107 Å². The largest absolute Gasteiger partial charge is 0.365 e. The van der Waals surface area contributed by atoms with Gasteiger partial charge in [0.15, 0.2) is 0 Å². The molecular formula is C50H68N2O. The maximum atomic E-state index is 7.66. The molecule has 2 unspecified atom stereocenters. The molecule has 0 radical (unpaired) electrons. The Morgan fingerprint density at radius 2 is 0.887 bits per heavy atom. The van der Waals surface area contributed by atoms with Gasteiger partial charge in [-0.05, 0) is 109 Å². The van der Waals surface area contributed by atoms with Gasteiger partial charge in [0.1, 0.15) is 0 Å². The summed E-state index contributed by atoms with van der Waals surface area (Å²) >= 11 is 0. The lowest BCUT2D eigenvalue weighted by atomic mass is 9.75. The summed E-state index contributed by atoms with van der Waals surface area (Å²) in [4.78, 5) is 9.74. The lowest BCUT2D eigenvalue weighted by Crippen LogP contribution is -2.28. The van der Waals surface area contributed by atoms with Gasteiger partial charge in [0.25, 0.3) is 0 Å². The molecule has 2 atom stereocenters. The van der Waals surface area contributed by atoms with Crippen LogP contribution in [-0.4, -0.2) is 9.97 Å². The predicted molar refractivity (Wildman–Crippen MR) is 224 cm³/mol. The molecule has 0 spiro atoms. The highest BCUT2D eigenvalue weighted by atomic mass is 16.5. The van der Waals surface area contributed by atoms with Crippen LogP contribution in [0.15, 0.2) is 85.2 Å². The second-order valence-corrected chi connectivity index (χ2v) is 16.7. The highest BCUT2D eigenvalue weighted by molar-refractivity contribution is 5.60. The Labute approximate surface area is 322 Å². The first-order chi connectivity index (χ1) is 26.1. The van der Waals surface area contributed by atoms with Gasteiger partial charge < -0.3 is 4.74 Å². The Bertz CT molecular complexity index is 1470. The first-order valence-electron chi connectivity index (χ1n) is 21.8. The van der Waals surface area contributed by atoms with Gasteiger partial charge >= 0.3 is 0 Å². The monoisotopic (exact) mass is 713 g/mol. The Morgan fingerprint density at radius 3 is 1.21 bits per heavy atom. The summed E-state index contributed by atoms with van der Waals surface area (Å²) in [5.41, 5.74) is 9.82. The highest BCUT2D eigenvalue weighted by Crippen LogP contribution is 2.47. The summed E-state index contributed by atoms with van der Waals surface area (Å²) in [6.07, 6.45) is 27.1. The highest BCUT2D eigenvalue weighted by Gasteiger charge is 2.35. The average Bonchev–Trinajstić information content (AvgIpc) is 3.21. The summed E-state index contributed by atoms with van der Waals surface area (Å²) in [5, 5.41) is 0. The minimum absolute atomic E-state index is 0.0892. The number of pyridine rings is 2. The number of aryl methyl sites for hydroxylation is 2. The second kappa shape index (κ2) is 20.4. The number of rotatable bonds is 18. The van der Waals surface area contributed by atoms with Crippen molar-refractivity contribution in [1.82, 2.24) is 9.97 Å². The normalized spacial score (nSPS) is 21.7. The molecule has 2 saturated carbocycles. The molecule has 6 rings (SSSR count). The van der Waals surface area contributed by atoms with E-state index < -0.39 is 0 Å². The van der Waals surface area contributed by atoms with Crippen molar-refractivity contribution in [2.75, 3.05) is 0 Å². The number of unbranched alkanes of at least 4 members (excludes halogenated alkanes) is 2. The van der Waals surface area contributed by atoms with Crippen LogP contribution in [0.5, 0.6) is 0 Å². The minimum Gasteiger partial charge on any atom is -0.365 e. The van der Waals surface area contributed by atoms with E-state index in [4.69, 9.17) is 14.7 Å². The van der Waals surface area contributed by atoms with Crippen LogP contribution in [0.2, 0.25) is 0 Å². The lowest BCUT2D eigenvalue weighted by Gasteiger charge is -2.40. The third kappa shape index (κ3) is 10.9. The summed E-state index contributed by atoms with van der Waals surface area (Å²) in [7, 11) is 0. The van der Waals surface area contributed by atoms with Gasteiger partial charge in [0.05, 0.1) is 23.6 Å². The van der Waals surface area contributed by atoms with Gasteiger partial charge in [0.2, 0.25) is 0 Å². The molecule has 53 heavy (non-hydrogen) atoms. The molecule has 0 saturated heterocycles. The summed E-state index contributed by atoms with van der Waals surface area (Å²) in [6, 6.07) is 27.5. The fourth-order valence-corrected chi connectivity index (χ4v) is 9.39. The molecule has 0 aliphatic heterocycles. The van der Waals surface area contributed by atoms with Crippen molar-refractivity contribution in [2.24, 2.45) is 23.7 Å². The molecule has 2 heterocycles. The van der Waals surface area contributed by atoms with Crippen molar-refractivity contribution in [3.8, 4) is 22.5 Å². The Kier molecular flexibility index (Phi) is 15.2. The van der Waals surface area contributed by atoms with Crippen LogP contribution >= 0.6 is 0 Å². The minimum atomic E-state index is 0.0892. The topological polar surface area (TPSA) is 35.0 Å². The second-order valence-electron chi connectivity index (χ2n) is 16.7. The van der Waals surface area contributed by atoms with E-state index in [0.717, 1.165) is 36.1 Å². The molecule has 2 aromatic heterocycles. The molecule has 2 aliphatic rings. The van der Waals surface area contributed by atoms with E-state index in [1.165, 1.54) is 136 Å².